The zero-order valence-electron chi connectivity index (χ0n) is 16.2. The second kappa shape index (κ2) is 9.09. The first-order valence-electron chi connectivity index (χ1n) is 10.1. The molecule has 2 aliphatic carbocycles. The van der Waals surface area contributed by atoms with Gasteiger partial charge in [-0.1, -0.05) is 12.1 Å². The molecule has 5 nitrogen and oxygen atoms in total. The maximum atomic E-state index is 6.33. The van der Waals surface area contributed by atoms with Crippen LogP contribution in [0.4, 0.5) is 5.69 Å². The van der Waals surface area contributed by atoms with E-state index in [2.05, 4.69) is 30.4 Å². The molecule has 0 amide bonds. The van der Waals surface area contributed by atoms with Crippen molar-refractivity contribution in [1.82, 2.24) is 0 Å². The number of ether oxygens (including phenoxy) is 2. The van der Waals surface area contributed by atoms with Gasteiger partial charge >= 0.3 is 0 Å². The van der Waals surface area contributed by atoms with E-state index < -0.39 is 0 Å². The fourth-order valence-corrected chi connectivity index (χ4v) is 4.99. The Morgan fingerprint density at radius 1 is 1.30 bits per heavy atom. The summed E-state index contributed by atoms with van der Waals surface area (Å²) in [5.41, 5.74) is 10.4. The van der Waals surface area contributed by atoms with Gasteiger partial charge in [-0.3, -0.25) is 0 Å². The van der Waals surface area contributed by atoms with Crippen LogP contribution in [0.3, 0.4) is 0 Å². The largest absolute Gasteiger partial charge is 0.381 e. The Morgan fingerprint density at radius 2 is 2.07 bits per heavy atom. The molecule has 1 saturated heterocycles. The van der Waals surface area contributed by atoms with Crippen LogP contribution >= 0.6 is 24.0 Å². The lowest BCUT2D eigenvalue weighted by Gasteiger charge is -2.55. The molecule has 1 aromatic carbocycles. The highest BCUT2D eigenvalue weighted by molar-refractivity contribution is 14.0. The lowest BCUT2D eigenvalue weighted by molar-refractivity contribution is -0.163. The molecule has 150 valence electrons. The first kappa shape index (κ1) is 20.9. The topological polar surface area (TPSA) is 68.9 Å². The van der Waals surface area contributed by atoms with Gasteiger partial charge in [-0.05, 0) is 69.1 Å². The number of hydrogen-bond acceptors (Lipinski definition) is 3. The quantitative estimate of drug-likeness (QED) is 0.386. The fourth-order valence-electron chi connectivity index (χ4n) is 4.99. The second-order valence-corrected chi connectivity index (χ2v) is 7.83. The average Bonchev–Trinajstić information content (AvgIpc) is 2.68. The third-order valence-corrected chi connectivity index (χ3v) is 6.49. The Hall–Kier alpha value is -0.860. The molecule has 0 aromatic heterocycles. The van der Waals surface area contributed by atoms with Gasteiger partial charge in [-0.15, -0.1) is 24.0 Å². The summed E-state index contributed by atoms with van der Waals surface area (Å²) in [6, 6.07) is 6.71. The molecule has 1 aliphatic heterocycles. The molecule has 4 rings (SSSR count). The molecular weight excluding hydrogens is 453 g/mol. The minimum atomic E-state index is 0. The van der Waals surface area contributed by atoms with E-state index in [0.717, 1.165) is 51.2 Å². The zero-order valence-corrected chi connectivity index (χ0v) is 18.5. The van der Waals surface area contributed by atoms with Gasteiger partial charge in [0.1, 0.15) is 0 Å². The molecule has 3 N–H and O–H groups in total. The lowest BCUT2D eigenvalue weighted by atomic mass is 9.58. The molecule has 1 aromatic rings. The van der Waals surface area contributed by atoms with E-state index in [1.165, 1.54) is 30.4 Å². The van der Waals surface area contributed by atoms with Crippen molar-refractivity contribution in [3.8, 4) is 0 Å². The van der Waals surface area contributed by atoms with Crippen LogP contribution in [0, 0.1) is 5.41 Å². The van der Waals surface area contributed by atoms with Crippen molar-refractivity contribution in [2.75, 3.05) is 25.1 Å². The molecule has 2 fully saturated rings. The summed E-state index contributed by atoms with van der Waals surface area (Å²) in [6.45, 7) is 4.43. The molecular formula is C21H32IN3O2. The van der Waals surface area contributed by atoms with Crippen LogP contribution in [-0.2, 0) is 22.3 Å². The van der Waals surface area contributed by atoms with E-state index in [4.69, 9.17) is 20.2 Å². The van der Waals surface area contributed by atoms with Crippen LogP contribution in [0.15, 0.2) is 23.2 Å². The van der Waals surface area contributed by atoms with Crippen molar-refractivity contribution < 1.29 is 9.47 Å². The number of halogens is 1. The van der Waals surface area contributed by atoms with E-state index in [9.17, 15) is 0 Å². The highest BCUT2D eigenvalue weighted by atomic mass is 127. The third kappa shape index (κ3) is 4.12. The predicted molar refractivity (Wildman–Crippen MR) is 120 cm³/mol. The van der Waals surface area contributed by atoms with Crippen molar-refractivity contribution in [3.63, 3.8) is 0 Å². The SMILES string of the molecule is CCOC1CC(N=C(N)Nc2cccc3c2CCCC3)C12CCOCC2.I. The van der Waals surface area contributed by atoms with Crippen LogP contribution in [0.2, 0.25) is 0 Å². The number of nitrogens with zero attached hydrogens (tertiary/aromatic N) is 1. The minimum absolute atomic E-state index is 0. The number of rotatable bonds is 4. The summed E-state index contributed by atoms with van der Waals surface area (Å²) in [5.74, 6) is 0.537. The Balaban J connectivity index is 0.00000210. The minimum Gasteiger partial charge on any atom is -0.381 e. The molecule has 1 heterocycles. The third-order valence-electron chi connectivity index (χ3n) is 6.49. The van der Waals surface area contributed by atoms with Gasteiger partial charge < -0.3 is 20.5 Å². The van der Waals surface area contributed by atoms with E-state index in [1.54, 1.807) is 0 Å². The van der Waals surface area contributed by atoms with Gasteiger partial charge in [-0.25, -0.2) is 4.99 Å². The molecule has 1 saturated carbocycles. The first-order valence-corrected chi connectivity index (χ1v) is 10.1. The van der Waals surface area contributed by atoms with E-state index in [-0.39, 0.29) is 35.4 Å². The van der Waals surface area contributed by atoms with E-state index in [0.29, 0.717) is 12.1 Å². The fraction of sp³-hybridized carbons (Fsp3) is 0.667. The molecule has 3 aliphatic rings. The number of benzene rings is 1. The van der Waals surface area contributed by atoms with Gasteiger partial charge in [0, 0.05) is 30.9 Å². The Kier molecular flexibility index (Phi) is 7.03. The van der Waals surface area contributed by atoms with Crippen LogP contribution < -0.4 is 11.1 Å². The van der Waals surface area contributed by atoms with Crippen molar-refractivity contribution in [2.24, 2.45) is 16.1 Å². The molecule has 0 radical (unpaired) electrons. The van der Waals surface area contributed by atoms with Gasteiger partial charge in [-0.2, -0.15) is 0 Å². The van der Waals surface area contributed by atoms with Crippen molar-refractivity contribution in [1.29, 1.82) is 0 Å². The van der Waals surface area contributed by atoms with E-state index in [1.807, 2.05) is 0 Å². The van der Waals surface area contributed by atoms with Crippen LogP contribution in [0.1, 0.15) is 50.2 Å². The molecule has 1 spiro atoms. The summed E-state index contributed by atoms with van der Waals surface area (Å²) in [7, 11) is 0. The van der Waals surface area contributed by atoms with Crippen molar-refractivity contribution in [2.45, 2.75) is 64.0 Å². The Bertz CT molecular complexity index is 673. The molecule has 2 unspecified atom stereocenters. The van der Waals surface area contributed by atoms with Gasteiger partial charge in [0.15, 0.2) is 5.96 Å². The summed E-state index contributed by atoms with van der Waals surface area (Å²) in [4.78, 5) is 4.88. The number of nitrogens with two attached hydrogens (primary N) is 1. The number of hydrogen-bond donors (Lipinski definition) is 2. The molecule has 0 bridgehead atoms. The van der Waals surface area contributed by atoms with Gasteiger partial charge in [0.25, 0.3) is 0 Å². The monoisotopic (exact) mass is 485 g/mol. The van der Waals surface area contributed by atoms with Crippen LogP contribution in [0.5, 0.6) is 0 Å². The summed E-state index contributed by atoms with van der Waals surface area (Å²) < 4.78 is 11.6. The molecule has 2 atom stereocenters. The number of anilines is 1. The smallest absolute Gasteiger partial charge is 0.193 e. The normalized spacial score (nSPS) is 26.6. The number of guanidine groups is 1. The van der Waals surface area contributed by atoms with Crippen LogP contribution in [-0.4, -0.2) is 37.9 Å². The second-order valence-electron chi connectivity index (χ2n) is 7.83. The van der Waals surface area contributed by atoms with Crippen molar-refractivity contribution in [3.05, 3.63) is 29.3 Å². The zero-order chi connectivity index (χ0) is 18.0. The highest BCUT2D eigenvalue weighted by Gasteiger charge is 2.56. The van der Waals surface area contributed by atoms with Gasteiger partial charge in [0.05, 0.1) is 12.1 Å². The number of aliphatic imine (C=N–C) groups is 1. The molecule has 27 heavy (non-hydrogen) atoms. The predicted octanol–water partition coefficient (Wildman–Crippen LogP) is 3.88. The summed E-state index contributed by atoms with van der Waals surface area (Å²) in [5, 5.41) is 3.39. The summed E-state index contributed by atoms with van der Waals surface area (Å²) >= 11 is 0. The number of fused-ring (bicyclic) bond motifs is 1. The number of aryl methyl sites for hydroxylation is 1. The van der Waals surface area contributed by atoms with E-state index >= 15 is 0 Å². The number of nitrogens with one attached hydrogen (secondary N) is 1. The maximum absolute atomic E-state index is 6.33. The Morgan fingerprint density at radius 3 is 2.85 bits per heavy atom. The molecule has 6 heteroatoms. The lowest BCUT2D eigenvalue weighted by Crippen LogP contribution is -2.60. The first-order chi connectivity index (χ1) is 12.7. The average molecular weight is 485 g/mol. The summed E-state index contributed by atoms with van der Waals surface area (Å²) in [6.07, 6.45) is 8.12. The highest BCUT2D eigenvalue weighted by Crippen LogP contribution is 2.52. The van der Waals surface area contributed by atoms with Crippen molar-refractivity contribution >= 4 is 35.6 Å². The van der Waals surface area contributed by atoms with Gasteiger partial charge in [0.2, 0.25) is 0 Å². The maximum Gasteiger partial charge on any atom is 0.193 e. The standard InChI is InChI=1S/C21H31N3O2.HI/c1-2-26-19-14-18(21(19)10-12-25-13-11-21)24-20(22)23-17-9-5-7-15-6-3-4-8-16(15)17;/h5,7,9,18-19H,2-4,6,8,10-14H2,1H3,(H3,22,23,24);1H. The Labute approximate surface area is 179 Å². The van der Waals surface area contributed by atoms with Crippen LogP contribution in [0.25, 0.3) is 0 Å².